The highest BCUT2D eigenvalue weighted by Crippen LogP contribution is 2.37. The average molecular weight is 303 g/mol. The van der Waals surface area contributed by atoms with E-state index in [-0.39, 0.29) is 18.4 Å². The zero-order valence-electron chi connectivity index (χ0n) is 10.7. The van der Waals surface area contributed by atoms with Crippen molar-refractivity contribution in [3.63, 3.8) is 0 Å². The summed E-state index contributed by atoms with van der Waals surface area (Å²) in [6.07, 6.45) is -3.62. The van der Waals surface area contributed by atoms with E-state index in [1.807, 2.05) is 0 Å². The smallest absolute Gasteiger partial charge is 0.433 e. The van der Waals surface area contributed by atoms with E-state index in [9.17, 15) is 27.9 Å². The minimum Gasteiger partial charge on any atom is -0.480 e. The van der Waals surface area contributed by atoms with Gasteiger partial charge in [0.25, 0.3) is 5.91 Å². The highest BCUT2D eigenvalue weighted by atomic mass is 19.4. The number of nitrogens with two attached hydrogens (primary N) is 1. The molecule has 1 heterocycles. The molecule has 4 N–H and O–H groups in total. The summed E-state index contributed by atoms with van der Waals surface area (Å²) < 4.78 is 38.0. The summed E-state index contributed by atoms with van der Waals surface area (Å²) in [5.74, 6) is -2.65. The fourth-order valence-corrected chi connectivity index (χ4v) is 2.06. The van der Waals surface area contributed by atoms with Crippen LogP contribution in [-0.2, 0) is 11.0 Å². The largest absolute Gasteiger partial charge is 0.480 e. The Morgan fingerprint density at radius 2 is 1.95 bits per heavy atom. The lowest BCUT2D eigenvalue weighted by atomic mass is 9.76. The molecule has 1 saturated carbocycles. The van der Waals surface area contributed by atoms with Crippen LogP contribution in [0.3, 0.4) is 0 Å². The number of anilines is 1. The fourth-order valence-electron chi connectivity index (χ4n) is 2.06. The number of nitrogens with zero attached hydrogens (tertiary/aromatic N) is 1. The number of carboxylic acid groups (broad SMARTS) is 1. The third-order valence-corrected chi connectivity index (χ3v) is 3.43. The van der Waals surface area contributed by atoms with Crippen molar-refractivity contribution in [2.45, 2.75) is 31.0 Å². The van der Waals surface area contributed by atoms with Gasteiger partial charge in [-0.25, -0.2) is 9.78 Å². The highest BCUT2D eigenvalue weighted by Gasteiger charge is 2.45. The fraction of sp³-hybridized carbons (Fsp3) is 0.417. The third kappa shape index (κ3) is 2.76. The van der Waals surface area contributed by atoms with E-state index in [4.69, 9.17) is 5.73 Å². The van der Waals surface area contributed by atoms with E-state index in [1.165, 1.54) is 0 Å². The van der Waals surface area contributed by atoms with E-state index in [2.05, 4.69) is 10.3 Å². The lowest BCUT2D eigenvalue weighted by Crippen LogP contribution is -2.52. The van der Waals surface area contributed by atoms with Gasteiger partial charge in [0, 0.05) is 0 Å². The van der Waals surface area contributed by atoms with Gasteiger partial charge >= 0.3 is 12.1 Å². The van der Waals surface area contributed by atoms with Gasteiger partial charge in [0.2, 0.25) is 0 Å². The van der Waals surface area contributed by atoms with Crippen molar-refractivity contribution in [2.75, 3.05) is 5.32 Å². The Bertz CT molecular complexity index is 597. The molecule has 1 aromatic heterocycles. The molecule has 1 aliphatic rings. The van der Waals surface area contributed by atoms with Gasteiger partial charge in [-0.05, 0) is 31.4 Å². The maximum atomic E-state index is 12.7. The zero-order valence-corrected chi connectivity index (χ0v) is 10.7. The molecular weight excluding hydrogens is 291 g/mol. The van der Waals surface area contributed by atoms with Crippen molar-refractivity contribution in [1.29, 1.82) is 0 Å². The molecule has 0 spiro atoms. The molecule has 114 valence electrons. The maximum absolute atomic E-state index is 12.7. The first kappa shape index (κ1) is 15.1. The summed E-state index contributed by atoms with van der Waals surface area (Å²) in [7, 11) is 0. The molecule has 0 radical (unpaired) electrons. The van der Waals surface area contributed by atoms with Crippen LogP contribution in [0.15, 0.2) is 12.1 Å². The van der Waals surface area contributed by atoms with Crippen LogP contribution >= 0.6 is 0 Å². The lowest BCUT2D eigenvalue weighted by molar-refractivity contribution is -0.145. The Kier molecular flexibility index (Phi) is 3.52. The van der Waals surface area contributed by atoms with Crippen molar-refractivity contribution >= 4 is 17.7 Å². The van der Waals surface area contributed by atoms with E-state index < -0.39 is 35.1 Å². The SMILES string of the molecule is NC(=O)c1ccc(C(F)(F)F)nc1NC1(C(=O)O)CCC1. The normalized spacial score (nSPS) is 16.9. The standard InChI is InChI=1S/C12H12F3N3O3/c13-12(14,15)7-3-2-6(8(16)19)9(17-7)18-11(10(20)21)4-1-5-11/h2-3H,1,4-5H2,(H2,16,19)(H,17,18)(H,20,21). The molecule has 0 aliphatic heterocycles. The number of rotatable bonds is 4. The number of aromatic nitrogens is 1. The van der Waals surface area contributed by atoms with Crippen LogP contribution in [0, 0.1) is 0 Å². The van der Waals surface area contributed by atoms with Crippen LogP contribution in [0.5, 0.6) is 0 Å². The van der Waals surface area contributed by atoms with Crippen molar-refractivity contribution < 1.29 is 27.9 Å². The number of carbonyl (C=O) groups excluding carboxylic acids is 1. The number of hydrogen-bond acceptors (Lipinski definition) is 4. The number of hydrogen-bond donors (Lipinski definition) is 3. The second kappa shape index (κ2) is 4.90. The van der Waals surface area contributed by atoms with Crippen molar-refractivity contribution in [2.24, 2.45) is 5.73 Å². The molecule has 0 bridgehead atoms. The first-order valence-corrected chi connectivity index (χ1v) is 6.05. The first-order valence-electron chi connectivity index (χ1n) is 6.05. The van der Waals surface area contributed by atoms with Crippen LogP contribution < -0.4 is 11.1 Å². The van der Waals surface area contributed by atoms with Crippen LogP contribution in [0.25, 0.3) is 0 Å². The number of carboxylic acids is 1. The van der Waals surface area contributed by atoms with Crippen molar-refractivity contribution in [3.8, 4) is 0 Å². The summed E-state index contributed by atoms with van der Waals surface area (Å²) in [6.45, 7) is 0. The van der Waals surface area contributed by atoms with Crippen LogP contribution in [0.4, 0.5) is 19.0 Å². The minimum atomic E-state index is -4.71. The quantitative estimate of drug-likeness (QED) is 0.784. The number of aliphatic carboxylic acids is 1. The zero-order chi connectivity index (χ0) is 15.8. The van der Waals surface area contributed by atoms with Crippen molar-refractivity contribution in [3.05, 3.63) is 23.4 Å². The number of pyridine rings is 1. The molecular formula is C12H12F3N3O3. The molecule has 0 saturated heterocycles. The first-order chi connectivity index (χ1) is 9.66. The molecule has 21 heavy (non-hydrogen) atoms. The number of alkyl halides is 3. The number of amides is 1. The topological polar surface area (TPSA) is 105 Å². The number of halogens is 3. The molecule has 1 aliphatic carbocycles. The van der Waals surface area contributed by atoms with Gasteiger partial charge in [-0.2, -0.15) is 13.2 Å². The monoisotopic (exact) mass is 303 g/mol. The van der Waals surface area contributed by atoms with Crippen LogP contribution in [-0.4, -0.2) is 27.5 Å². The summed E-state index contributed by atoms with van der Waals surface area (Å²) in [5.41, 5.74) is 2.17. The van der Waals surface area contributed by atoms with E-state index in [0.717, 1.165) is 6.07 Å². The molecule has 2 rings (SSSR count). The van der Waals surface area contributed by atoms with Crippen LogP contribution in [0.1, 0.15) is 35.3 Å². The van der Waals surface area contributed by atoms with E-state index in [0.29, 0.717) is 12.5 Å². The Morgan fingerprint density at radius 1 is 1.33 bits per heavy atom. The summed E-state index contributed by atoms with van der Waals surface area (Å²) in [5, 5.41) is 11.6. The maximum Gasteiger partial charge on any atom is 0.433 e. The van der Waals surface area contributed by atoms with Gasteiger partial charge in [-0.1, -0.05) is 0 Å². The van der Waals surface area contributed by atoms with Crippen LogP contribution in [0.2, 0.25) is 0 Å². The molecule has 6 nitrogen and oxygen atoms in total. The summed E-state index contributed by atoms with van der Waals surface area (Å²) in [4.78, 5) is 25.8. The molecule has 1 aromatic rings. The Balaban J connectivity index is 2.44. The molecule has 1 fully saturated rings. The Morgan fingerprint density at radius 3 is 2.33 bits per heavy atom. The molecule has 0 aromatic carbocycles. The van der Waals surface area contributed by atoms with Crippen molar-refractivity contribution in [1.82, 2.24) is 4.98 Å². The minimum absolute atomic E-state index is 0.235. The van der Waals surface area contributed by atoms with Gasteiger partial charge in [0.05, 0.1) is 5.56 Å². The number of carbonyl (C=O) groups is 2. The van der Waals surface area contributed by atoms with Gasteiger partial charge in [0.1, 0.15) is 17.1 Å². The van der Waals surface area contributed by atoms with Gasteiger partial charge in [-0.15, -0.1) is 0 Å². The second-order valence-electron chi connectivity index (χ2n) is 4.82. The number of primary amides is 1. The molecule has 9 heteroatoms. The molecule has 0 atom stereocenters. The lowest BCUT2D eigenvalue weighted by Gasteiger charge is -2.39. The number of nitrogens with one attached hydrogen (secondary N) is 1. The third-order valence-electron chi connectivity index (χ3n) is 3.43. The van der Waals surface area contributed by atoms with Gasteiger partial charge in [0.15, 0.2) is 0 Å². The van der Waals surface area contributed by atoms with Gasteiger partial charge < -0.3 is 16.2 Å². The predicted molar refractivity (Wildman–Crippen MR) is 65.6 cm³/mol. The molecule has 1 amide bonds. The summed E-state index contributed by atoms with van der Waals surface area (Å²) in [6, 6.07) is 1.51. The Labute approximate surface area is 117 Å². The second-order valence-corrected chi connectivity index (χ2v) is 4.82. The van der Waals surface area contributed by atoms with E-state index >= 15 is 0 Å². The Hall–Kier alpha value is -2.32. The van der Waals surface area contributed by atoms with Gasteiger partial charge in [-0.3, -0.25) is 4.79 Å². The highest BCUT2D eigenvalue weighted by molar-refractivity contribution is 5.98. The van der Waals surface area contributed by atoms with E-state index in [1.54, 1.807) is 0 Å². The average Bonchev–Trinajstić information content (AvgIpc) is 2.31. The summed E-state index contributed by atoms with van der Waals surface area (Å²) >= 11 is 0. The molecule has 0 unspecified atom stereocenters. The predicted octanol–water partition coefficient (Wildman–Crippen LogP) is 1.62.